The molecule has 2 atom stereocenters. The summed E-state index contributed by atoms with van der Waals surface area (Å²) in [4.78, 5) is 27.4. The lowest BCUT2D eigenvalue weighted by molar-refractivity contribution is 0.0993. The molecule has 0 N–H and O–H groups in total. The van der Waals surface area contributed by atoms with E-state index >= 15 is 0 Å². The van der Waals surface area contributed by atoms with Crippen LogP contribution in [-0.4, -0.2) is 28.8 Å². The Kier molecular flexibility index (Phi) is 5.99. The molecule has 0 spiro atoms. The van der Waals surface area contributed by atoms with E-state index in [-0.39, 0.29) is 22.5 Å². The summed E-state index contributed by atoms with van der Waals surface area (Å²) >= 11 is 9.78. The maximum Gasteiger partial charge on any atom is 0.269 e. The summed E-state index contributed by atoms with van der Waals surface area (Å²) in [5.41, 5.74) is 2.89. The third kappa shape index (κ3) is 3.56. The van der Waals surface area contributed by atoms with Gasteiger partial charge in [0.05, 0.1) is 45.8 Å². The van der Waals surface area contributed by atoms with Gasteiger partial charge in [-0.25, -0.2) is 0 Å². The smallest absolute Gasteiger partial charge is 0.269 e. The lowest BCUT2D eigenvalue weighted by atomic mass is 10.0. The van der Waals surface area contributed by atoms with Gasteiger partial charge >= 0.3 is 0 Å². The molecule has 3 heterocycles. The van der Waals surface area contributed by atoms with Crippen molar-refractivity contribution in [1.82, 2.24) is 9.13 Å². The van der Waals surface area contributed by atoms with Crippen LogP contribution in [0.25, 0.3) is 0 Å². The summed E-state index contributed by atoms with van der Waals surface area (Å²) in [7, 11) is 3.23. The minimum Gasteiger partial charge on any atom is -0.383 e. The minimum absolute atomic E-state index is 0.0322. The van der Waals surface area contributed by atoms with Gasteiger partial charge in [-0.15, -0.1) is 0 Å². The predicted molar refractivity (Wildman–Crippen MR) is 125 cm³/mol. The van der Waals surface area contributed by atoms with Crippen LogP contribution in [0.5, 0.6) is 0 Å². The maximum atomic E-state index is 13.6. The van der Waals surface area contributed by atoms with Crippen LogP contribution in [0.15, 0.2) is 52.0 Å². The fraction of sp³-hybridized carbons (Fsp3) is 0.261. The van der Waals surface area contributed by atoms with E-state index in [4.69, 9.17) is 16.3 Å². The lowest BCUT2D eigenvalue weighted by Crippen LogP contribution is -2.31. The number of aromatic nitrogens is 2. The normalized spacial score (nSPS) is 16.2. The highest BCUT2D eigenvalue weighted by molar-refractivity contribution is 9.10. The number of halogens is 2. The van der Waals surface area contributed by atoms with E-state index in [0.717, 1.165) is 15.9 Å². The Hall–Kier alpha value is -2.86. The van der Waals surface area contributed by atoms with E-state index in [1.807, 2.05) is 29.7 Å². The van der Waals surface area contributed by atoms with Crippen molar-refractivity contribution in [2.24, 2.45) is 7.05 Å². The molecule has 9 heteroatoms. The number of ether oxygens (including phenoxy) is 1. The van der Waals surface area contributed by atoms with Crippen LogP contribution < -0.4 is 10.5 Å². The van der Waals surface area contributed by atoms with Crippen LogP contribution in [0.3, 0.4) is 0 Å². The first-order valence-corrected chi connectivity index (χ1v) is 11.0. The Morgan fingerprint density at radius 3 is 2.53 bits per heavy atom. The molecule has 0 aliphatic carbocycles. The molecule has 7 nitrogen and oxygen atoms in total. The molecule has 1 aromatic carbocycles. The van der Waals surface area contributed by atoms with E-state index < -0.39 is 6.04 Å². The van der Waals surface area contributed by atoms with Crippen LogP contribution in [0.1, 0.15) is 46.2 Å². The van der Waals surface area contributed by atoms with Gasteiger partial charge in [-0.3, -0.25) is 14.5 Å². The molecule has 1 amide bonds. The molecule has 0 fully saturated rings. The standard InChI is InChI=1S/C23H20BrClN4O3/c1-13(12-32-3)28-19(24)9-17-21(28)20(15-6-4-14(10-26)5-7-15)29(22(17)30)16-8-18(25)23(31)27(2)11-16/h4-9,11,13,20H,12H2,1-3H3/t13-,20?/m1/s1. The summed E-state index contributed by atoms with van der Waals surface area (Å²) < 4.78 is 9.55. The molecule has 164 valence electrons. The van der Waals surface area contributed by atoms with Crippen molar-refractivity contribution in [3.63, 3.8) is 0 Å². The molecule has 0 bridgehead atoms. The average Bonchev–Trinajstić information content (AvgIpc) is 3.25. The van der Waals surface area contributed by atoms with Gasteiger partial charge in [-0.05, 0) is 52.7 Å². The summed E-state index contributed by atoms with van der Waals surface area (Å²) in [6.45, 7) is 2.47. The van der Waals surface area contributed by atoms with E-state index in [1.165, 1.54) is 10.6 Å². The van der Waals surface area contributed by atoms with Gasteiger partial charge in [0.1, 0.15) is 11.1 Å². The average molecular weight is 516 g/mol. The zero-order valence-corrected chi connectivity index (χ0v) is 20.0. The number of aryl methyl sites for hydroxylation is 1. The molecule has 3 aromatic rings. The van der Waals surface area contributed by atoms with Gasteiger partial charge in [-0.2, -0.15) is 5.26 Å². The van der Waals surface area contributed by atoms with Gasteiger partial charge in [0.15, 0.2) is 0 Å². The zero-order valence-electron chi connectivity index (χ0n) is 17.7. The number of hydrogen-bond donors (Lipinski definition) is 0. The largest absolute Gasteiger partial charge is 0.383 e. The molecule has 0 saturated heterocycles. The van der Waals surface area contributed by atoms with Crippen LogP contribution >= 0.6 is 27.5 Å². The lowest BCUT2D eigenvalue weighted by Gasteiger charge is -2.29. The molecular formula is C23H20BrClN4O3. The van der Waals surface area contributed by atoms with Gasteiger partial charge in [-0.1, -0.05) is 23.7 Å². The fourth-order valence-electron chi connectivity index (χ4n) is 4.19. The molecule has 32 heavy (non-hydrogen) atoms. The number of benzene rings is 1. The molecule has 1 unspecified atom stereocenters. The predicted octanol–water partition coefficient (Wildman–Crippen LogP) is 4.43. The number of pyridine rings is 1. The Bertz CT molecular complexity index is 1280. The number of anilines is 1. The number of nitriles is 1. The first-order valence-electron chi connectivity index (χ1n) is 9.87. The first-order chi connectivity index (χ1) is 15.3. The summed E-state index contributed by atoms with van der Waals surface area (Å²) in [5, 5.41) is 9.24. The van der Waals surface area contributed by atoms with Crippen LogP contribution in [0.4, 0.5) is 5.69 Å². The monoisotopic (exact) mass is 514 g/mol. The summed E-state index contributed by atoms with van der Waals surface area (Å²) in [6.07, 6.45) is 1.60. The molecule has 1 aliphatic heterocycles. The van der Waals surface area contributed by atoms with E-state index in [1.54, 1.807) is 37.4 Å². The second kappa shape index (κ2) is 8.58. The fourth-order valence-corrected chi connectivity index (χ4v) is 5.20. The molecule has 4 rings (SSSR count). The topological polar surface area (TPSA) is 80.3 Å². The third-order valence-corrected chi connectivity index (χ3v) is 6.48. The molecule has 1 aliphatic rings. The SMILES string of the molecule is COC[C@@H](C)n1c(Br)cc2c1C(c1ccc(C#N)cc1)N(c1cc(Cl)c(=O)n(C)c1)C2=O. The number of nitrogens with zero attached hydrogens (tertiary/aromatic N) is 4. The van der Waals surface area contributed by atoms with E-state index in [2.05, 4.69) is 22.0 Å². The van der Waals surface area contributed by atoms with Crippen LogP contribution in [-0.2, 0) is 11.8 Å². The van der Waals surface area contributed by atoms with Gasteiger partial charge in [0, 0.05) is 20.4 Å². The van der Waals surface area contributed by atoms with Crippen molar-refractivity contribution in [1.29, 1.82) is 5.26 Å². The van der Waals surface area contributed by atoms with Crippen molar-refractivity contribution in [2.75, 3.05) is 18.6 Å². The Balaban J connectivity index is 1.96. The van der Waals surface area contributed by atoms with Crippen molar-refractivity contribution in [3.8, 4) is 6.07 Å². The summed E-state index contributed by atoms with van der Waals surface area (Å²) in [5.74, 6) is -0.201. The zero-order chi connectivity index (χ0) is 23.2. The second-order valence-corrected chi connectivity index (χ2v) is 8.93. The number of hydrogen-bond acceptors (Lipinski definition) is 4. The maximum absolute atomic E-state index is 13.6. The van der Waals surface area contributed by atoms with Crippen molar-refractivity contribution in [2.45, 2.75) is 19.0 Å². The molecular weight excluding hydrogens is 496 g/mol. The highest BCUT2D eigenvalue weighted by atomic mass is 79.9. The molecule has 2 aromatic heterocycles. The highest BCUT2D eigenvalue weighted by Crippen LogP contribution is 2.45. The van der Waals surface area contributed by atoms with Gasteiger partial charge < -0.3 is 13.9 Å². The Morgan fingerprint density at radius 2 is 1.94 bits per heavy atom. The van der Waals surface area contributed by atoms with Gasteiger partial charge in [0.2, 0.25) is 0 Å². The van der Waals surface area contributed by atoms with E-state index in [0.29, 0.717) is 23.4 Å². The van der Waals surface area contributed by atoms with Crippen LogP contribution in [0, 0.1) is 11.3 Å². The van der Waals surface area contributed by atoms with Crippen molar-refractivity contribution >= 4 is 39.1 Å². The number of carbonyl (C=O) groups excluding carboxylic acids is 1. The number of methoxy groups -OCH3 is 1. The van der Waals surface area contributed by atoms with Gasteiger partial charge in [0.25, 0.3) is 11.5 Å². The Morgan fingerprint density at radius 1 is 1.25 bits per heavy atom. The number of fused-ring (bicyclic) bond motifs is 1. The number of carbonyl (C=O) groups is 1. The highest BCUT2D eigenvalue weighted by Gasteiger charge is 2.43. The second-order valence-electron chi connectivity index (χ2n) is 7.71. The molecule has 0 saturated carbocycles. The van der Waals surface area contributed by atoms with Crippen LogP contribution in [0.2, 0.25) is 5.02 Å². The van der Waals surface area contributed by atoms with Crippen molar-refractivity contribution < 1.29 is 9.53 Å². The quantitative estimate of drug-likeness (QED) is 0.503. The summed E-state index contributed by atoms with van der Waals surface area (Å²) in [6, 6.07) is 12.1. The third-order valence-electron chi connectivity index (χ3n) is 5.60. The molecule has 0 radical (unpaired) electrons. The first kappa shape index (κ1) is 22.3. The van der Waals surface area contributed by atoms with Crippen molar-refractivity contribution in [3.05, 3.63) is 85.0 Å². The minimum atomic E-state index is -0.482. The number of amides is 1. The Labute approximate surface area is 198 Å². The number of rotatable bonds is 5. The van der Waals surface area contributed by atoms with E-state index in [9.17, 15) is 14.9 Å².